The van der Waals surface area contributed by atoms with Crippen LogP contribution >= 0.6 is 0 Å². The van der Waals surface area contributed by atoms with Crippen LogP contribution in [0.5, 0.6) is 0 Å². The van der Waals surface area contributed by atoms with E-state index in [0.29, 0.717) is 5.92 Å². The van der Waals surface area contributed by atoms with E-state index in [4.69, 9.17) is 4.42 Å². The number of benzene rings is 1. The molecule has 0 aliphatic carbocycles. The van der Waals surface area contributed by atoms with Gasteiger partial charge in [-0.15, -0.1) is 0 Å². The van der Waals surface area contributed by atoms with Crippen molar-refractivity contribution in [3.63, 3.8) is 0 Å². The SMILES string of the molecule is Cc1c([C@H](C)NC[C@@H]2CNc3ccnn3C2)oc2ccccc12. The van der Waals surface area contributed by atoms with Gasteiger partial charge in [-0.05, 0) is 25.5 Å². The number of para-hydroxylation sites is 1. The zero-order valence-electron chi connectivity index (χ0n) is 13.5. The molecule has 2 aromatic heterocycles. The van der Waals surface area contributed by atoms with Gasteiger partial charge in [0.25, 0.3) is 0 Å². The first-order valence-corrected chi connectivity index (χ1v) is 8.19. The largest absolute Gasteiger partial charge is 0.459 e. The lowest BCUT2D eigenvalue weighted by Crippen LogP contribution is -2.36. The summed E-state index contributed by atoms with van der Waals surface area (Å²) in [5.74, 6) is 2.67. The third-order valence-electron chi connectivity index (χ3n) is 4.71. The molecule has 120 valence electrons. The summed E-state index contributed by atoms with van der Waals surface area (Å²) in [4.78, 5) is 0. The van der Waals surface area contributed by atoms with Gasteiger partial charge in [-0.1, -0.05) is 18.2 Å². The van der Waals surface area contributed by atoms with Crippen molar-refractivity contribution in [3.8, 4) is 0 Å². The normalized spacial score (nSPS) is 18.6. The molecule has 0 amide bonds. The molecule has 2 atom stereocenters. The Bertz CT molecular complexity index is 819. The lowest BCUT2D eigenvalue weighted by Gasteiger charge is -2.26. The summed E-state index contributed by atoms with van der Waals surface area (Å²) < 4.78 is 8.08. The van der Waals surface area contributed by atoms with Gasteiger partial charge >= 0.3 is 0 Å². The molecule has 3 heterocycles. The molecule has 1 aliphatic rings. The minimum Gasteiger partial charge on any atom is -0.459 e. The van der Waals surface area contributed by atoms with E-state index in [1.165, 1.54) is 10.9 Å². The quantitative estimate of drug-likeness (QED) is 0.776. The monoisotopic (exact) mass is 310 g/mol. The molecule has 0 radical (unpaired) electrons. The van der Waals surface area contributed by atoms with E-state index in [9.17, 15) is 0 Å². The second-order valence-electron chi connectivity index (χ2n) is 6.36. The van der Waals surface area contributed by atoms with Gasteiger partial charge < -0.3 is 15.1 Å². The van der Waals surface area contributed by atoms with E-state index < -0.39 is 0 Å². The number of hydrogen-bond acceptors (Lipinski definition) is 4. The van der Waals surface area contributed by atoms with Crippen LogP contribution in [0.1, 0.15) is 24.3 Å². The fraction of sp³-hybridized carbons (Fsp3) is 0.389. The number of nitrogens with one attached hydrogen (secondary N) is 2. The Morgan fingerprint density at radius 1 is 1.39 bits per heavy atom. The van der Waals surface area contributed by atoms with Gasteiger partial charge in [0.05, 0.1) is 12.2 Å². The lowest BCUT2D eigenvalue weighted by atomic mass is 10.1. The highest BCUT2D eigenvalue weighted by molar-refractivity contribution is 5.82. The van der Waals surface area contributed by atoms with Crippen molar-refractivity contribution in [2.75, 3.05) is 18.4 Å². The summed E-state index contributed by atoms with van der Waals surface area (Å²) >= 11 is 0. The van der Waals surface area contributed by atoms with Crippen LogP contribution in [0.3, 0.4) is 0 Å². The molecule has 0 saturated carbocycles. The number of aryl methyl sites for hydroxylation is 1. The zero-order valence-corrected chi connectivity index (χ0v) is 13.5. The first kappa shape index (κ1) is 14.3. The molecule has 1 aliphatic heterocycles. The van der Waals surface area contributed by atoms with Crippen LogP contribution in [-0.4, -0.2) is 22.9 Å². The predicted molar refractivity (Wildman–Crippen MR) is 91.6 cm³/mol. The maximum Gasteiger partial charge on any atom is 0.134 e. The smallest absolute Gasteiger partial charge is 0.134 e. The molecule has 5 heteroatoms. The second kappa shape index (κ2) is 5.74. The average molecular weight is 310 g/mol. The Kier molecular flexibility index (Phi) is 3.58. The Morgan fingerprint density at radius 3 is 3.13 bits per heavy atom. The van der Waals surface area contributed by atoms with Crippen molar-refractivity contribution in [1.29, 1.82) is 0 Å². The van der Waals surface area contributed by atoms with Crippen LogP contribution in [0.4, 0.5) is 5.82 Å². The molecule has 0 unspecified atom stereocenters. The lowest BCUT2D eigenvalue weighted by molar-refractivity contribution is 0.359. The summed E-state index contributed by atoms with van der Waals surface area (Å²) in [6.07, 6.45) is 1.85. The van der Waals surface area contributed by atoms with Crippen molar-refractivity contribution in [3.05, 3.63) is 47.9 Å². The molecule has 1 aromatic carbocycles. The average Bonchev–Trinajstić information content (AvgIpc) is 3.17. The van der Waals surface area contributed by atoms with Gasteiger partial charge in [0, 0.05) is 37.0 Å². The fourth-order valence-corrected chi connectivity index (χ4v) is 3.37. The number of aromatic nitrogens is 2. The maximum atomic E-state index is 6.05. The highest BCUT2D eigenvalue weighted by Gasteiger charge is 2.21. The number of nitrogens with zero attached hydrogens (tertiary/aromatic N) is 2. The number of fused-ring (bicyclic) bond motifs is 2. The Hall–Kier alpha value is -2.27. The minimum absolute atomic E-state index is 0.196. The molecule has 2 N–H and O–H groups in total. The van der Waals surface area contributed by atoms with Crippen molar-refractivity contribution < 1.29 is 4.42 Å². The predicted octanol–water partition coefficient (Wildman–Crippen LogP) is 3.33. The highest BCUT2D eigenvalue weighted by atomic mass is 16.3. The van der Waals surface area contributed by atoms with Gasteiger partial charge in [-0.25, -0.2) is 4.68 Å². The molecule has 0 saturated heterocycles. The second-order valence-corrected chi connectivity index (χ2v) is 6.36. The number of furan rings is 1. The van der Waals surface area contributed by atoms with E-state index in [0.717, 1.165) is 36.8 Å². The van der Waals surface area contributed by atoms with Gasteiger partial charge in [0.2, 0.25) is 0 Å². The molecule has 0 bridgehead atoms. The molecule has 0 fully saturated rings. The van der Waals surface area contributed by atoms with Crippen LogP contribution in [0.15, 0.2) is 40.9 Å². The van der Waals surface area contributed by atoms with Crippen molar-refractivity contribution in [1.82, 2.24) is 15.1 Å². The van der Waals surface area contributed by atoms with E-state index in [1.54, 1.807) is 0 Å². The molecular weight excluding hydrogens is 288 g/mol. The third-order valence-corrected chi connectivity index (χ3v) is 4.71. The van der Waals surface area contributed by atoms with E-state index in [1.807, 2.05) is 29.1 Å². The molecule has 4 rings (SSSR count). The summed E-state index contributed by atoms with van der Waals surface area (Å²) in [6.45, 7) is 7.17. The maximum absolute atomic E-state index is 6.05. The topological polar surface area (TPSA) is 55.0 Å². The number of hydrogen-bond donors (Lipinski definition) is 2. The Labute approximate surface area is 135 Å². The number of rotatable bonds is 4. The van der Waals surface area contributed by atoms with Crippen LogP contribution in [0.25, 0.3) is 11.0 Å². The van der Waals surface area contributed by atoms with Crippen LogP contribution < -0.4 is 10.6 Å². The van der Waals surface area contributed by atoms with E-state index in [-0.39, 0.29) is 6.04 Å². The molecule has 0 spiro atoms. The molecule has 23 heavy (non-hydrogen) atoms. The van der Waals surface area contributed by atoms with Crippen molar-refractivity contribution in [2.45, 2.75) is 26.4 Å². The first-order valence-electron chi connectivity index (χ1n) is 8.19. The van der Waals surface area contributed by atoms with Gasteiger partial charge in [0.1, 0.15) is 17.2 Å². The summed E-state index contributed by atoms with van der Waals surface area (Å²) in [6, 6.07) is 10.4. The minimum atomic E-state index is 0.196. The van der Waals surface area contributed by atoms with Crippen molar-refractivity contribution >= 4 is 16.8 Å². The third kappa shape index (κ3) is 2.61. The van der Waals surface area contributed by atoms with Gasteiger partial charge in [0.15, 0.2) is 0 Å². The van der Waals surface area contributed by atoms with Gasteiger partial charge in [-0.3, -0.25) is 0 Å². The standard InChI is InChI=1S/C18H22N4O/c1-12-15-5-3-4-6-16(15)23-18(12)13(2)19-9-14-10-20-17-7-8-21-22(17)11-14/h3-8,13-14,19-20H,9-11H2,1-2H3/t13-,14+/m0/s1. The summed E-state index contributed by atoms with van der Waals surface area (Å²) in [7, 11) is 0. The highest BCUT2D eigenvalue weighted by Crippen LogP contribution is 2.29. The first-order chi connectivity index (χ1) is 11.2. The summed E-state index contributed by atoms with van der Waals surface area (Å²) in [5, 5.41) is 12.6. The molecular formula is C18H22N4O. The summed E-state index contributed by atoms with van der Waals surface area (Å²) in [5.41, 5.74) is 2.20. The van der Waals surface area contributed by atoms with E-state index in [2.05, 4.69) is 41.7 Å². The molecule has 5 nitrogen and oxygen atoms in total. The van der Waals surface area contributed by atoms with Crippen LogP contribution in [0, 0.1) is 12.8 Å². The Balaban J connectivity index is 1.43. The van der Waals surface area contributed by atoms with Crippen molar-refractivity contribution in [2.24, 2.45) is 5.92 Å². The van der Waals surface area contributed by atoms with E-state index >= 15 is 0 Å². The zero-order chi connectivity index (χ0) is 15.8. The Morgan fingerprint density at radius 2 is 2.26 bits per heavy atom. The molecule has 3 aromatic rings. The fourth-order valence-electron chi connectivity index (χ4n) is 3.37. The number of anilines is 1. The van der Waals surface area contributed by atoms with Crippen LogP contribution in [-0.2, 0) is 6.54 Å². The van der Waals surface area contributed by atoms with Crippen LogP contribution in [0.2, 0.25) is 0 Å². The van der Waals surface area contributed by atoms with Gasteiger partial charge in [-0.2, -0.15) is 5.10 Å².